The SMILES string of the molecule is CC(=N)/C(=C\c1ccc(-c2cc(C)c(C)cc2NO)o1)C(=O)Nc1ccc(C)cc1. The molecule has 0 saturated heterocycles. The normalized spacial score (nSPS) is 11.3. The van der Waals surface area contributed by atoms with Gasteiger partial charge in [0, 0.05) is 17.0 Å². The van der Waals surface area contributed by atoms with E-state index in [9.17, 15) is 10.0 Å². The summed E-state index contributed by atoms with van der Waals surface area (Å²) in [7, 11) is 0. The van der Waals surface area contributed by atoms with E-state index >= 15 is 0 Å². The van der Waals surface area contributed by atoms with Gasteiger partial charge in [0.1, 0.15) is 11.5 Å². The predicted molar refractivity (Wildman–Crippen MR) is 120 cm³/mol. The minimum Gasteiger partial charge on any atom is -0.457 e. The number of hydrogen-bond donors (Lipinski definition) is 4. The molecule has 154 valence electrons. The van der Waals surface area contributed by atoms with Crippen LogP contribution in [0.4, 0.5) is 11.4 Å². The number of rotatable bonds is 6. The highest BCUT2D eigenvalue weighted by Gasteiger charge is 2.15. The molecule has 6 nitrogen and oxygen atoms in total. The van der Waals surface area contributed by atoms with E-state index < -0.39 is 0 Å². The summed E-state index contributed by atoms with van der Waals surface area (Å²) < 4.78 is 5.90. The van der Waals surface area contributed by atoms with Crippen molar-refractivity contribution in [1.29, 1.82) is 5.41 Å². The molecule has 1 aromatic heterocycles. The summed E-state index contributed by atoms with van der Waals surface area (Å²) in [6.07, 6.45) is 1.54. The molecule has 1 heterocycles. The van der Waals surface area contributed by atoms with Crippen LogP contribution in [0.2, 0.25) is 0 Å². The van der Waals surface area contributed by atoms with Crippen LogP contribution in [-0.4, -0.2) is 16.8 Å². The van der Waals surface area contributed by atoms with Crippen molar-refractivity contribution in [2.24, 2.45) is 0 Å². The van der Waals surface area contributed by atoms with Gasteiger partial charge in [0.25, 0.3) is 5.91 Å². The zero-order chi connectivity index (χ0) is 21.8. The molecule has 6 heteroatoms. The minimum absolute atomic E-state index is 0.126. The first-order valence-electron chi connectivity index (χ1n) is 9.55. The summed E-state index contributed by atoms with van der Waals surface area (Å²) in [6.45, 7) is 7.47. The summed E-state index contributed by atoms with van der Waals surface area (Å²) in [5.74, 6) is 0.600. The summed E-state index contributed by atoms with van der Waals surface area (Å²) in [5, 5.41) is 20.3. The minimum atomic E-state index is -0.381. The van der Waals surface area contributed by atoms with Crippen LogP contribution in [0, 0.1) is 26.2 Å². The Bertz CT molecular complexity index is 1130. The van der Waals surface area contributed by atoms with Gasteiger partial charge in [0.05, 0.1) is 11.3 Å². The summed E-state index contributed by atoms with van der Waals surface area (Å²) >= 11 is 0. The number of anilines is 2. The second-order valence-electron chi connectivity index (χ2n) is 7.30. The number of hydrogen-bond acceptors (Lipinski definition) is 5. The van der Waals surface area contributed by atoms with Gasteiger partial charge >= 0.3 is 0 Å². The fourth-order valence-corrected chi connectivity index (χ4v) is 3.01. The molecule has 0 aliphatic heterocycles. The van der Waals surface area contributed by atoms with Crippen LogP contribution in [0.5, 0.6) is 0 Å². The molecule has 30 heavy (non-hydrogen) atoms. The van der Waals surface area contributed by atoms with E-state index in [1.165, 1.54) is 0 Å². The van der Waals surface area contributed by atoms with Gasteiger partial charge in [0.15, 0.2) is 0 Å². The van der Waals surface area contributed by atoms with Crippen LogP contribution in [0.15, 0.2) is 58.5 Å². The smallest absolute Gasteiger partial charge is 0.257 e. The summed E-state index contributed by atoms with van der Waals surface area (Å²) in [4.78, 5) is 12.7. The van der Waals surface area contributed by atoms with Gasteiger partial charge in [0.2, 0.25) is 0 Å². The van der Waals surface area contributed by atoms with E-state index in [0.717, 1.165) is 16.7 Å². The monoisotopic (exact) mass is 403 g/mol. The van der Waals surface area contributed by atoms with Crippen molar-refractivity contribution in [2.75, 3.05) is 10.8 Å². The van der Waals surface area contributed by atoms with E-state index in [1.807, 2.05) is 57.2 Å². The molecule has 0 aliphatic rings. The first kappa shape index (κ1) is 21.1. The highest BCUT2D eigenvalue weighted by molar-refractivity contribution is 6.26. The number of carbonyl (C=O) groups excluding carboxylic acids is 1. The van der Waals surface area contributed by atoms with Gasteiger partial charge in [-0.15, -0.1) is 0 Å². The topological polar surface area (TPSA) is 98.3 Å². The lowest BCUT2D eigenvalue weighted by Crippen LogP contribution is -2.18. The van der Waals surface area contributed by atoms with Crippen molar-refractivity contribution in [3.63, 3.8) is 0 Å². The van der Waals surface area contributed by atoms with E-state index in [2.05, 4.69) is 10.8 Å². The quantitative estimate of drug-likeness (QED) is 0.240. The number of amides is 1. The van der Waals surface area contributed by atoms with Crippen molar-refractivity contribution in [3.8, 4) is 11.3 Å². The Morgan fingerprint density at radius 1 is 1.03 bits per heavy atom. The number of aryl methyl sites for hydroxylation is 3. The Balaban J connectivity index is 1.90. The Hall–Kier alpha value is -3.64. The highest BCUT2D eigenvalue weighted by Crippen LogP contribution is 2.32. The third-order valence-electron chi connectivity index (χ3n) is 4.89. The van der Waals surface area contributed by atoms with Crippen molar-refractivity contribution in [2.45, 2.75) is 27.7 Å². The van der Waals surface area contributed by atoms with E-state index in [0.29, 0.717) is 28.5 Å². The molecule has 0 atom stereocenters. The van der Waals surface area contributed by atoms with Crippen molar-refractivity contribution in [3.05, 3.63) is 76.6 Å². The van der Waals surface area contributed by atoms with Gasteiger partial charge in [-0.05, 0) is 81.3 Å². The molecule has 2 aromatic carbocycles. The molecular weight excluding hydrogens is 378 g/mol. The second-order valence-corrected chi connectivity index (χ2v) is 7.30. The van der Waals surface area contributed by atoms with Gasteiger partial charge in [-0.25, -0.2) is 0 Å². The largest absolute Gasteiger partial charge is 0.457 e. The average Bonchev–Trinajstić information content (AvgIpc) is 3.17. The first-order valence-corrected chi connectivity index (χ1v) is 9.55. The van der Waals surface area contributed by atoms with Crippen molar-refractivity contribution in [1.82, 2.24) is 0 Å². The Morgan fingerprint density at radius 3 is 2.33 bits per heavy atom. The highest BCUT2D eigenvalue weighted by atomic mass is 16.5. The van der Waals surface area contributed by atoms with Gasteiger partial charge in [-0.1, -0.05) is 17.7 Å². The number of benzene rings is 2. The number of carbonyl (C=O) groups is 1. The van der Waals surface area contributed by atoms with E-state index in [1.54, 1.807) is 25.1 Å². The molecule has 0 spiro atoms. The first-order chi connectivity index (χ1) is 14.3. The number of furan rings is 1. The maximum absolute atomic E-state index is 12.7. The van der Waals surface area contributed by atoms with Crippen LogP contribution in [0.1, 0.15) is 29.4 Å². The van der Waals surface area contributed by atoms with Gasteiger partial charge in [-0.3, -0.25) is 15.5 Å². The standard InChI is InChI=1S/C24H25N3O3/c1-14-5-7-18(8-6-14)26-24(28)20(17(4)25)13-19-9-10-23(30-19)21-11-15(2)16(3)12-22(21)27-29/h5-13,25,27,29H,1-4H3,(H,26,28)/b20-13+,25-17?. The zero-order valence-corrected chi connectivity index (χ0v) is 17.5. The molecule has 0 radical (unpaired) electrons. The Morgan fingerprint density at radius 2 is 1.70 bits per heavy atom. The fourth-order valence-electron chi connectivity index (χ4n) is 3.01. The molecule has 0 fully saturated rings. The molecule has 3 rings (SSSR count). The average molecular weight is 403 g/mol. The van der Waals surface area contributed by atoms with Crippen LogP contribution in [0.3, 0.4) is 0 Å². The predicted octanol–water partition coefficient (Wildman–Crippen LogP) is 5.73. The molecular formula is C24H25N3O3. The lowest BCUT2D eigenvalue weighted by Gasteiger charge is -2.10. The summed E-state index contributed by atoms with van der Waals surface area (Å²) in [6, 6.07) is 14.7. The Labute approximate surface area is 175 Å². The maximum Gasteiger partial charge on any atom is 0.257 e. The lowest BCUT2D eigenvalue weighted by molar-refractivity contribution is -0.112. The molecule has 3 aromatic rings. The molecule has 1 amide bonds. The van der Waals surface area contributed by atoms with Crippen LogP contribution < -0.4 is 10.8 Å². The van der Waals surface area contributed by atoms with E-state index in [-0.39, 0.29) is 17.2 Å². The third-order valence-corrected chi connectivity index (χ3v) is 4.89. The molecule has 0 bridgehead atoms. The lowest BCUT2D eigenvalue weighted by atomic mass is 10.0. The maximum atomic E-state index is 12.7. The number of nitrogens with one attached hydrogen (secondary N) is 3. The Kier molecular flexibility index (Phi) is 6.18. The van der Waals surface area contributed by atoms with E-state index in [4.69, 9.17) is 9.83 Å². The fraction of sp³-hybridized carbons (Fsp3) is 0.167. The van der Waals surface area contributed by atoms with Crippen LogP contribution in [0.25, 0.3) is 17.4 Å². The molecule has 0 aliphatic carbocycles. The molecule has 0 saturated carbocycles. The molecule has 0 unspecified atom stereocenters. The van der Waals surface area contributed by atoms with Gasteiger partial charge in [-0.2, -0.15) is 0 Å². The van der Waals surface area contributed by atoms with Crippen molar-refractivity contribution >= 4 is 29.1 Å². The molecule has 4 N–H and O–H groups in total. The van der Waals surface area contributed by atoms with Gasteiger partial charge < -0.3 is 15.1 Å². The third kappa shape index (κ3) is 4.67. The van der Waals surface area contributed by atoms with Crippen molar-refractivity contribution < 1.29 is 14.4 Å². The van der Waals surface area contributed by atoms with Crippen LogP contribution in [-0.2, 0) is 4.79 Å². The zero-order valence-electron chi connectivity index (χ0n) is 17.5. The van der Waals surface area contributed by atoms with Crippen LogP contribution >= 0.6 is 0 Å². The summed E-state index contributed by atoms with van der Waals surface area (Å²) in [5.41, 5.74) is 7.63. The second kappa shape index (κ2) is 8.80.